The second-order valence-corrected chi connectivity index (χ2v) is 6.25. The molecule has 0 radical (unpaired) electrons. The van der Waals surface area contributed by atoms with Crippen LogP contribution in [0.25, 0.3) is 10.2 Å². The Labute approximate surface area is 128 Å². The van der Waals surface area contributed by atoms with Crippen LogP contribution in [-0.2, 0) is 6.42 Å². The van der Waals surface area contributed by atoms with Gasteiger partial charge in [-0.15, -0.1) is 11.3 Å². The molecule has 0 amide bonds. The summed E-state index contributed by atoms with van der Waals surface area (Å²) in [5, 5.41) is 4.51. The normalized spacial score (nSPS) is 11.0. The molecule has 0 aliphatic heterocycles. The molecule has 0 aliphatic carbocycles. The van der Waals surface area contributed by atoms with E-state index < -0.39 is 0 Å². The molecule has 0 fully saturated rings. The summed E-state index contributed by atoms with van der Waals surface area (Å²) in [4.78, 5) is 11.1. The number of nitrogens with two attached hydrogens (primary N) is 1. The first-order valence-electron chi connectivity index (χ1n) is 6.96. The summed E-state index contributed by atoms with van der Waals surface area (Å²) in [7, 11) is 0. The minimum Gasteiger partial charge on any atom is -0.340 e. The lowest BCUT2D eigenvalue weighted by molar-refractivity contribution is 0.969. The smallest absolute Gasteiger partial charge is 0.142 e. The Morgan fingerprint density at radius 1 is 1.14 bits per heavy atom. The van der Waals surface area contributed by atoms with Crippen molar-refractivity contribution < 1.29 is 0 Å². The molecule has 0 unspecified atom stereocenters. The molecule has 5 heteroatoms. The summed E-state index contributed by atoms with van der Waals surface area (Å²) in [5.74, 6) is 0.869. The van der Waals surface area contributed by atoms with E-state index in [2.05, 4.69) is 53.4 Å². The second-order valence-electron chi connectivity index (χ2n) is 5.05. The third-order valence-corrected chi connectivity index (χ3v) is 4.73. The van der Waals surface area contributed by atoms with Gasteiger partial charge in [-0.3, -0.25) is 0 Å². The first kappa shape index (κ1) is 14.0. The third-order valence-electron chi connectivity index (χ3n) is 3.62. The fraction of sp³-hybridized carbons (Fsp3) is 0.250. The summed E-state index contributed by atoms with van der Waals surface area (Å²) in [6, 6.07) is 8.32. The summed E-state index contributed by atoms with van der Waals surface area (Å²) >= 11 is 1.71. The molecule has 0 saturated heterocycles. The number of rotatable bonds is 4. The zero-order valence-corrected chi connectivity index (χ0v) is 13.0. The topological polar surface area (TPSA) is 63.8 Å². The van der Waals surface area contributed by atoms with Gasteiger partial charge in [0.1, 0.15) is 17.0 Å². The Kier molecular flexibility index (Phi) is 3.86. The highest BCUT2D eigenvalue weighted by Gasteiger charge is 2.11. The molecule has 3 N–H and O–H groups in total. The molecule has 3 rings (SSSR count). The van der Waals surface area contributed by atoms with Crippen LogP contribution in [-0.4, -0.2) is 16.5 Å². The number of benzene rings is 1. The Balaban J connectivity index is 1.94. The second kappa shape index (κ2) is 5.79. The van der Waals surface area contributed by atoms with Gasteiger partial charge in [0.05, 0.1) is 5.39 Å². The Morgan fingerprint density at radius 2 is 1.90 bits per heavy atom. The van der Waals surface area contributed by atoms with Crippen LogP contribution in [0.1, 0.15) is 16.0 Å². The van der Waals surface area contributed by atoms with E-state index in [0.717, 1.165) is 28.1 Å². The van der Waals surface area contributed by atoms with Crippen molar-refractivity contribution in [1.82, 2.24) is 9.97 Å². The fourth-order valence-corrected chi connectivity index (χ4v) is 3.33. The number of nitrogens with zero attached hydrogens (tertiary/aromatic N) is 2. The molecular weight excluding hydrogens is 280 g/mol. The van der Waals surface area contributed by atoms with Crippen LogP contribution in [0.2, 0.25) is 0 Å². The highest BCUT2D eigenvalue weighted by molar-refractivity contribution is 7.18. The standard InChI is InChI=1S/C16H18N4S/c1-10-11(2)21-16-14(10)15(18-9-19-16)20-13-5-3-12(4-6-13)7-8-17/h3-6,9H,7-8,17H2,1-2H3,(H,18,19,20). The average Bonchev–Trinajstić information content (AvgIpc) is 2.78. The molecule has 108 valence electrons. The van der Waals surface area contributed by atoms with Crippen molar-refractivity contribution in [1.29, 1.82) is 0 Å². The molecular formula is C16H18N4S. The molecule has 2 aromatic heterocycles. The quantitative estimate of drug-likeness (QED) is 0.773. The van der Waals surface area contributed by atoms with Gasteiger partial charge in [0.15, 0.2) is 0 Å². The number of hydrogen-bond acceptors (Lipinski definition) is 5. The predicted octanol–water partition coefficient (Wildman–Crippen LogP) is 3.55. The van der Waals surface area contributed by atoms with E-state index in [-0.39, 0.29) is 0 Å². The van der Waals surface area contributed by atoms with Gasteiger partial charge in [-0.25, -0.2) is 9.97 Å². The van der Waals surface area contributed by atoms with Crippen LogP contribution >= 0.6 is 11.3 Å². The minimum absolute atomic E-state index is 0.673. The van der Waals surface area contributed by atoms with E-state index in [1.807, 2.05) is 0 Å². The minimum atomic E-state index is 0.673. The van der Waals surface area contributed by atoms with Crippen LogP contribution in [0.4, 0.5) is 11.5 Å². The van der Waals surface area contributed by atoms with Gasteiger partial charge in [0.25, 0.3) is 0 Å². The lowest BCUT2D eigenvalue weighted by Crippen LogP contribution is -2.02. The third kappa shape index (κ3) is 2.75. The summed E-state index contributed by atoms with van der Waals surface area (Å²) in [5.41, 5.74) is 9.10. The molecule has 0 spiro atoms. The number of nitrogens with one attached hydrogen (secondary N) is 1. The molecule has 0 bridgehead atoms. The van der Waals surface area contributed by atoms with E-state index in [9.17, 15) is 0 Å². The van der Waals surface area contributed by atoms with Crippen molar-refractivity contribution in [2.45, 2.75) is 20.3 Å². The molecule has 1 aromatic carbocycles. The van der Waals surface area contributed by atoms with Gasteiger partial charge in [0, 0.05) is 10.6 Å². The molecule has 0 atom stereocenters. The van der Waals surface area contributed by atoms with Crippen molar-refractivity contribution in [3.05, 3.63) is 46.6 Å². The van der Waals surface area contributed by atoms with Gasteiger partial charge in [-0.1, -0.05) is 12.1 Å². The maximum Gasteiger partial charge on any atom is 0.142 e. The largest absolute Gasteiger partial charge is 0.340 e. The number of hydrogen-bond donors (Lipinski definition) is 2. The van der Waals surface area contributed by atoms with Gasteiger partial charge in [0.2, 0.25) is 0 Å². The summed E-state index contributed by atoms with van der Waals surface area (Å²) in [6.07, 6.45) is 2.52. The number of aromatic nitrogens is 2. The summed E-state index contributed by atoms with van der Waals surface area (Å²) < 4.78 is 0. The molecule has 4 nitrogen and oxygen atoms in total. The van der Waals surface area contributed by atoms with Crippen molar-refractivity contribution in [3.63, 3.8) is 0 Å². The first-order valence-corrected chi connectivity index (χ1v) is 7.77. The fourth-order valence-electron chi connectivity index (χ4n) is 2.34. The first-order chi connectivity index (χ1) is 10.2. The van der Waals surface area contributed by atoms with Gasteiger partial charge in [-0.05, 0) is 50.1 Å². The molecule has 2 heterocycles. The van der Waals surface area contributed by atoms with E-state index in [4.69, 9.17) is 5.73 Å². The molecule has 3 aromatic rings. The number of thiophene rings is 1. The molecule has 21 heavy (non-hydrogen) atoms. The van der Waals surface area contributed by atoms with Gasteiger partial charge >= 0.3 is 0 Å². The Hall–Kier alpha value is -1.98. The van der Waals surface area contributed by atoms with E-state index >= 15 is 0 Å². The Morgan fingerprint density at radius 3 is 2.62 bits per heavy atom. The highest BCUT2D eigenvalue weighted by Crippen LogP contribution is 2.33. The maximum absolute atomic E-state index is 5.57. The van der Waals surface area contributed by atoms with Crippen molar-refractivity contribution in [2.24, 2.45) is 5.73 Å². The molecule has 0 saturated carbocycles. The maximum atomic E-state index is 5.57. The van der Waals surface area contributed by atoms with Crippen LogP contribution in [0.3, 0.4) is 0 Å². The number of fused-ring (bicyclic) bond motifs is 1. The highest BCUT2D eigenvalue weighted by atomic mass is 32.1. The van der Waals surface area contributed by atoms with Crippen molar-refractivity contribution in [3.8, 4) is 0 Å². The van der Waals surface area contributed by atoms with Crippen molar-refractivity contribution >= 4 is 33.1 Å². The van der Waals surface area contributed by atoms with Gasteiger partial charge < -0.3 is 11.1 Å². The van der Waals surface area contributed by atoms with Gasteiger partial charge in [-0.2, -0.15) is 0 Å². The van der Waals surface area contributed by atoms with Crippen molar-refractivity contribution in [2.75, 3.05) is 11.9 Å². The van der Waals surface area contributed by atoms with Crippen LogP contribution in [0.5, 0.6) is 0 Å². The predicted molar refractivity (Wildman–Crippen MR) is 89.4 cm³/mol. The summed E-state index contributed by atoms with van der Waals surface area (Å²) in [6.45, 7) is 4.91. The lowest BCUT2D eigenvalue weighted by atomic mass is 10.1. The van der Waals surface area contributed by atoms with Crippen LogP contribution < -0.4 is 11.1 Å². The SMILES string of the molecule is Cc1sc2ncnc(Nc3ccc(CCN)cc3)c2c1C. The number of anilines is 2. The zero-order valence-electron chi connectivity index (χ0n) is 12.2. The molecule has 0 aliphatic rings. The van der Waals surface area contributed by atoms with E-state index in [1.54, 1.807) is 17.7 Å². The number of aryl methyl sites for hydroxylation is 2. The Bertz CT molecular complexity index is 762. The van der Waals surface area contributed by atoms with Crippen LogP contribution in [0, 0.1) is 13.8 Å². The zero-order chi connectivity index (χ0) is 14.8. The lowest BCUT2D eigenvalue weighted by Gasteiger charge is -2.08. The van der Waals surface area contributed by atoms with E-state index in [0.29, 0.717) is 6.54 Å². The monoisotopic (exact) mass is 298 g/mol. The van der Waals surface area contributed by atoms with Crippen LogP contribution in [0.15, 0.2) is 30.6 Å². The average molecular weight is 298 g/mol. The van der Waals surface area contributed by atoms with E-state index in [1.165, 1.54) is 16.0 Å².